The van der Waals surface area contributed by atoms with Gasteiger partial charge in [-0.2, -0.15) is 0 Å². The van der Waals surface area contributed by atoms with Gasteiger partial charge in [0.05, 0.1) is 6.10 Å². The molecular formula is C19H22N2O4. The molecule has 0 radical (unpaired) electrons. The van der Waals surface area contributed by atoms with Crippen molar-refractivity contribution < 1.29 is 19.1 Å². The highest BCUT2D eigenvalue weighted by Gasteiger charge is 2.10. The van der Waals surface area contributed by atoms with Gasteiger partial charge in [0.2, 0.25) is 0 Å². The molecule has 2 aromatic carbocycles. The lowest BCUT2D eigenvalue weighted by atomic mass is 10.2. The Kier molecular flexibility index (Phi) is 6.83. The van der Waals surface area contributed by atoms with Gasteiger partial charge >= 0.3 is 0 Å². The van der Waals surface area contributed by atoms with Crippen molar-refractivity contribution in [2.45, 2.75) is 26.4 Å². The SMILES string of the molecule is CCC(C)Oc1cccc(C(=O)NNC(=O)COc2ccccc2)c1. The Hall–Kier alpha value is -3.02. The largest absolute Gasteiger partial charge is 0.491 e. The van der Waals surface area contributed by atoms with E-state index in [9.17, 15) is 9.59 Å². The van der Waals surface area contributed by atoms with E-state index in [-0.39, 0.29) is 12.7 Å². The molecule has 2 aromatic rings. The van der Waals surface area contributed by atoms with E-state index in [1.54, 1.807) is 36.4 Å². The zero-order valence-corrected chi connectivity index (χ0v) is 14.3. The number of benzene rings is 2. The van der Waals surface area contributed by atoms with Gasteiger partial charge in [0.15, 0.2) is 6.61 Å². The fraction of sp³-hybridized carbons (Fsp3) is 0.263. The van der Waals surface area contributed by atoms with Crippen LogP contribution in [0, 0.1) is 0 Å². The van der Waals surface area contributed by atoms with Gasteiger partial charge in [-0.25, -0.2) is 0 Å². The maximum Gasteiger partial charge on any atom is 0.276 e. The first kappa shape index (κ1) is 18.3. The van der Waals surface area contributed by atoms with Gasteiger partial charge in [0, 0.05) is 5.56 Å². The van der Waals surface area contributed by atoms with E-state index in [0.29, 0.717) is 17.1 Å². The topological polar surface area (TPSA) is 76.7 Å². The summed E-state index contributed by atoms with van der Waals surface area (Å²) in [4.78, 5) is 23.8. The number of hydrazine groups is 1. The molecule has 0 saturated carbocycles. The van der Waals surface area contributed by atoms with Crippen LogP contribution in [-0.4, -0.2) is 24.5 Å². The zero-order valence-electron chi connectivity index (χ0n) is 14.3. The van der Waals surface area contributed by atoms with Crippen molar-refractivity contribution in [2.24, 2.45) is 0 Å². The maximum absolute atomic E-state index is 12.1. The second kappa shape index (κ2) is 9.32. The predicted octanol–water partition coefficient (Wildman–Crippen LogP) is 2.70. The Bertz CT molecular complexity index is 704. The first-order valence-corrected chi connectivity index (χ1v) is 8.12. The van der Waals surface area contributed by atoms with Crippen LogP contribution < -0.4 is 20.3 Å². The van der Waals surface area contributed by atoms with Crippen LogP contribution in [0.15, 0.2) is 54.6 Å². The first-order valence-electron chi connectivity index (χ1n) is 8.12. The van der Waals surface area contributed by atoms with Crippen molar-refractivity contribution in [3.8, 4) is 11.5 Å². The highest BCUT2D eigenvalue weighted by Crippen LogP contribution is 2.15. The van der Waals surface area contributed by atoms with E-state index < -0.39 is 11.8 Å². The maximum atomic E-state index is 12.1. The number of hydrogen-bond acceptors (Lipinski definition) is 4. The van der Waals surface area contributed by atoms with Crippen molar-refractivity contribution in [1.29, 1.82) is 0 Å². The minimum atomic E-state index is -0.454. The van der Waals surface area contributed by atoms with E-state index in [1.165, 1.54) is 0 Å². The number of para-hydroxylation sites is 1. The molecule has 132 valence electrons. The summed E-state index contributed by atoms with van der Waals surface area (Å²) in [6.07, 6.45) is 0.932. The molecule has 2 rings (SSSR count). The van der Waals surface area contributed by atoms with Gasteiger partial charge in [-0.05, 0) is 43.7 Å². The van der Waals surface area contributed by atoms with Crippen LogP contribution in [0.4, 0.5) is 0 Å². The van der Waals surface area contributed by atoms with Crippen LogP contribution >= 0.6 is 0 Å². The fourth-order valence-corrected chi connectivity index (χ4v) is 1.93. The predicted molar refractivity (Wildman–Crippen MR) is 94.4 cm³/mol. The third kappa shape index (κ3) is 6.18. The standard InChI is InChI=1S/C19H22N2O4/c1-3-14(2)25-17-11-7-8-15(12-17)19(23)21-20-18(22)13-24-16-9-5-4-6-10-16/h4-12,14H,3,13H2,1-2H3,(H,20,22)(H,21,23). The van der Waals surface area contributed by atoms with Crippen LogP contribution in [0.25, 0.3) is 0 Å². The van der Waals surface area contributed by atoms with E-state index in [2.05, 4.69) is 10.9 Å². The second-order valence-electron chi connectivity index (χ2n) is 5.47. The van der Waals surface area contributed by atoms with E-state index in [0.717, 1.165) is 6.42 Å². The van der Waals surface area contributed by atoms with E-state index >= 15 is 0 Å². The molecule has 0 fully saturated rings. The Morgan fingerprint density at radius 2 is 1.72 bits per heavy atom. The average Bonchev–Trinajstić information content (AvgIpc) is 2.65. The smallest absolute Gasteiger partial charge is 0.276 e. The molecule has 0 aliphatic carbocycles. The summed E-state index contributed by atoms with van der Waals surface area (Å²) in [5.74, 6) is 0.312. The molecule has 6 nitrogen and oxygen atoms in total. The van der Waals surface area contributed by atoms with Gasteiger partial charge in [-0.1, -0.05) is 31.2 Å². The van der Waals surface area contributed by atoms with Crippen LogP contribution in [0.5, 0.6) is 11.5 Å². The molecule has 6 heteroatoms. The zero-order chi connectivity index (χ0) is 18.1. The average molecular weight is 342 g/mol. The van der Waals surface area contributed by atoms with Crippen LogP contribution in [0.3, 0.4) is 0 Å². The summed E-state index contributed by atoms with van der Waals surface area (Å²) in [7, 11) is 0. The Labute approximate surface area is 147 Å². The molecule has 0 bridgehead atoms. The van der Waals surface area contributed by atoms with Gasteiger partial charge in [-0.3, -0.25) is 20.4 Å². The lowest BCUT2D eigenvalue weighted by molar-refractivity contribution is -0.123. The molecule has 2 N–H and O–H groups in total. The highest BCUT2D eigenvalue weighted by atomic mass is 16.5. The van der Waals surface area contributed by atoms with Crippen molar-refractivity contribution in [3.05, 3.63) is 60.2 Å². The molecule has 0 aromatic heterocycles. The Morgan fingerprint density at radius 1 is 1.00 bits per heavy atom. The molecule has 1 unspecified atom stereocenters. The summed E-state index contributed by atoms with van der Waals surface area (Å²) in [6.45, 7) is 3.79. The summed E-state index contributed by atoms with van der Waals surface area (Å²) >= 11 is 0. The molecule has 25 heavy (non-hydrogen) atoms. The molecule has 0 aliphatic rings. The van der Waals surface area contributed by atoms with Crippen molar-refractivity contribution in [3.63, 3.8) is 0 Å². The monoisotopic (exact) mass is 342 g/mol. The second-order valence-corrected chi connectivity index (χ2v) is 5.47. The van der Waals surface area contributed by atoms with Gasteiger partial charge < -0.3 is 9.47 Å². The molecule has 1 atom stereocenters. The van der Waals surface area contributed by atoms with Crippen molar-refractivity contribution >= 4 is 11.8 Å². The lowest BCUT2D eigenvalue weighted by Gasteiger charge is -2.13. The Morgan fingerprint density at radius 3 is 2.44 bits per heavy atom. The number of amides is 2. The molecular weight excluding hydrogens is 320 g/mol. The van der Waals surface area contributed by atoms with Crippen LogP contribution in [-0.2, 0) is 4.79 Å². The minimum Gasteiger partial charge on any atom is -0.491 e. The summed E-state index contributed by atoms with van der Waals surface area (Å²) < 4.78 is 11.0. The normalized spacial score (nSPS) is 11.3. The number of carbonyl (C=O) groups excluding carboxylic acids is 2. The molecule has 0 saturated heterocycles. The number of ether oxygens (including phenoxy) is 2. The van der Waals surface area contributed by atoms with E-state index in [1.807, 2.05) is 32.0 Å². The molecule has 0 heterocycles. The Balaban J connectivity index is 1.81. The summed E-state index contributed by atoms with van der Waals surface area (Å²) in [5.41, 5.74) is 5.07. The number of hydrogen-bond donors (Lipinski definition) is 2. The van der Waals surface area contributed by atoms with Gasteiger partial charge in [-0.15, -0.1) is 0 Å². The molecule has 0 spiro atoms. The minimum absolute atomic E-state index is 0.0631. The quantitative estimate of drug-likeness (QED) is 0.759. The molecule has 0 aliphatic heterocycles. The van der Waals surface area contributed by atoms with Crippen LogP contribution in [0.1, 0.15) is 30.6 Å². The highest BCUT2D eigenvalue weighted by molar-refractivity contribution is 5.95. The lowest BCUT2D eigenvalue weighted by Crippen LogP contribution is -2.43. The third-order valence-electron chi connectivity index (χ3n) is 3.44. The third-order valence-corrected chi connectivity index (χ3v) is 3.44. The van der Waals surface area contributed by atoms with E-state index in [4.69, 9.17) is 9.47 Å². The van der Waals surface area contributed by atoms with Crippen LogP contribution in [0.2, 0.25) is 0 Å². The van der Waals surface area contributed by atoms with Crippen molar-refractivity contribution in [1.82, 2.24) is 10.9 Å². The first-order chi connectivity index (χ1) is 12.1. The number of carbonyl (C=O) groups is 2. The summed E-state index contributed by atoms with van der Waals surface area (Å²) in [6, 6.07) is 15.8. The van der Waals surface area contributed by atoms with Gasteiger partial charge in [0.1, 0.15) is 11.5 Å². The summed E-state index contributed by atoms with van der Waals surface area (Å²) in [5, 5.41) is 0. The van der Waals surface area contributed by atoms with Gasteiger partial charge in [0.25, 0.3) is 11.8 Å². The fourth-order valence-electron chi connectivity index (χ4n) is 1.93. The number of rotatable bonds is 7. The number of nitrogens with one attached hydrogen (secondary N) is 2. The molecule has 2 amide bonds. The van der Waals surface area contributed by atoms with Crippen molar-refractivity contribution in [2.75, 3.05) is 6.61 Å².